The number of nitrogens with one attached hydrogen (secondary N) is 1. The topological polar surface area (TPSA) is 88.3 Å². The number of piperidine rings is 1. The van der Waals surface area contributed by atoms with Crippen LogP contribution in [0.5, 0.6) is 0 Å². The lowest BCUT2D eigenvalue weighted by molar-refractivity contribution is -0.123. The predicted octanol–water partition coefficient (Wildman–Crippen LogP) is 3.39. The molecule has 6 nitrogen and oxygen atoms in total. The summed E-state index contributed by atoms with van der Waals surface area (Å²) in [6.07, 6.45) is 3.27. The number of hydrogen-bond acceptors (Lipinski definition) is 5. The van der Waals surface area contributed by atoms with Crippen molar-refractivity contribution < 1.29 is 9.59 Å². The van der Waals surface area contributed by atoms with Crippen molar-refractivity contribution in [3.8, 4) is 0 Å². The molecule has 28 heavy (non-hydrogen) atoms. The van der Waals surface area contributed by atoms with E-state index in [0.29, 0.717) is 4.88 Å². The molecule has 7 heteroatoms. The number of thiazole rings is 1. The number of primary amides is 1. The molecule has 0 radical (unpaired) electrons. The lowest BCUT2D eigenvalue weighted by atomic mass is 9.96. The highest BCUT2D eigenvalue weighted by molar-refractivity contribution is 7.13. The van der Waals surface area contributed by atoms with Gasteiger partial charge in [0.2, 0.25) is 5.91 Å². The van der Waals surface area contributed by atoms with E-state index < -0.39 is 0 Å². The van der Waals surface area contributed by atoms with Crippen LogP contribution in [0.3, 0.4) is 0 Å². The van der Waals surface area contributed by atoms with Crippen molar-refractivity contribution in [2.75, 3.05) is 18.4 Å². The summed E-state index contributed by atoms with van der Waals surface area (Å²) >= 11 is 1.43. The quantitative estimate of drug-likeness (QED) is 0.805. The van der Waals surface area contributed by atoms with Gasteiger partial charge < -0.3 is 11.1 Å². The summed E-state index contributed by atoms with van der Waals surface area (Å²) < 4.78 is 0. The van der Waals surface area contributed by atoms with Crippen molar-refractivity contribution in [2.45, 2.75) is 45.6 Å². The summed E-state index contributed by atoms with van der Waals surface area (Å²) in [7, 11) is 0. The molecule has 150 valence electrons. The van der Waals surface area contributed by atoms with Gasteiger partial charge in [0.1, 0.15) is 4.88 Å². The van der Waals surface area contributed by atoms with E-state index in [1.54, 1.807) is 6.20 Å². The number of carbonyl (C=O) groups excluding carboxylic acids is 2. The summed E-state index contributed by atoms with van der Waals surface area (Å²) in [5.74, 6) is -0.325. The van der Waals surface area contributed by atoms with Crippen molar-refractivity contribution in [1.29, 1.82) is 0 Å². The van der Waals surface area contributed by atoms with Crippen LogP contribution < -0.4 is 11.1 Å². The molecular formula is C21H28N4O2S. The Bertz CT molecular complexity index is 848. The van der Waals surface area contributed by atoms with E-state index in [4.69, 9.17) is 5.73 Å². The molecule has 0 spiro atoms. The Labute approximate surface area is 170 Å². The van der Waals surface area contributed by atoms with Crippen LogP contribution in [0.15, 0.2) is 30.5 Å². The van der Waals surface area contributed by atoms with Gasteiger partial charge in [-0.3, -0.25) is 14.5 Å². The number of rotatable bonds is 5. The van der Waals surface area contributed by atoms with Crippen molar-refractivity contribution in [1.82, 2.24) is 9.88 Å². The summed E-state index contributed by atoms with van der Waals surface area (Å²) in [5.41, 5.74) is 7.25. The summed E-state index contributed by atoms with van der Waals surface area (Å²) in [6, 6.07) is 7.91. The molecule has 1 aromatic carbocycles. The number of nitrogens with zero attached hydrogens (tertiary/aromatic N) is 2. The molecule has 1 saturated heterocycles. The van der Waals surface area contributed by atoms with Gasteiger partial charge in [-0.1, -0.05) is 32.9 Å². The van der Waals surface area contributed by atoms with Gasteiger partial charge >= 0.3 is 0 Å². The largest absolute Gasteiger partial charge is 0.369 e. The number of hydrogen-bond donors (Lipinski definition) is 2. The predicted molar refractivity (Wildman–Crippen MR) is 112 cm³/mol. The number of likely N-dealkylation sites (tertiary alicyclic amines) is 1. The first-order chi connectivity index (χ1) is 13.2. The maximum Gasteiger partial charge on any atom is 0.267 e. The van der Waals surface area contributed by atoms with Crippen LogP contribution in [0.4, 0.5) is 5.69 Å². The Morgan fingerprint density at radius 3 is 2.61 bits per heavy atom. The molecule has 2 aromatic rings. The van der Waals surface area contributed by atoms with Crippen LogP contribution in [0, 0.1) is 5.92 Å². The highest BCUT2D eigenvalue weighted by Gasteiger charge is 2.23. The van der Waals surface area contributed by atoms with Gasteiger partial charge in [0.25, 0.3) is 5.91 Å². The van der Waals surface area contributed by atoms with E-state index in [0.717, 1.165) is 48.7 Å². The third-order valence-corrected chi connectivity index (χ3v) is 6.37. The van der Waals surface area contributed by atoms with E-state index in [2.05, 4.69) is 42.0 Å². The van der Waals surface area contributed by atoms with Crippen molar-refractivity contribution in [3.05, 3.63) is 45.9 Å². The van der Waals surface area contributed by atoms with Crippen LogP contribution in [0.25, 0.3) is 0 Å². The maximum atomic E-state index is 12.6. The Kier molecular flexibility index (Phi) is 6.15. The molecule has 3 N–H and O–H groups in total. The second-order valence-corrected chi connectivity index (χ2v) is 9.42. The van der Waals surface area contributed by atoms with Gasteiger partial charge in [-0.05, 0) is 43.6 Å². The van der Waals surface area contributed by atoms with E-state index in [-0.39, 0.29) is 23.1 Å². The van der Waals surface area contributed by atoms with Crippen LogP contribution >= 0.6 is 11.3 Å². The van der Waals surface area contributed by atoms with Crippen LogP contribution in [0.1, 0.15) is 53.9 Å². The normalized spacial score (nSPS) is 16.1. The average molecular weight is 401 g/mol. The van der Waals surface area contributed by atoms with E-state index in [1.165, 1.54) is 11.3 Å². The fraction of sp³-hybridized carbons (Fsp3) is 0.476. The number of anilines is 1. The monoisotopic (exact) mass is 400 g/mol. The first kappa shape index (κ1) is 20.5. The first-order valence-electron chi connectivity index (χ1n) is 9.60. The molecule has 3 rings (SSSR count). The van der Waals surface area contributed by atoms with Crippen LogP contribution in [0.2, 0.25) is 0 Å². The standard InChI is InChI=1S/C21H28N4O2S/c1-21(2,3)20-23-12-17(28-20)19(27)24-16-6-4-5-14(11-16)13-25-9-7-15(8-10-25)18(22)26/h4-6,11-12,15H,7-10,13H2,1-3H3,(H2,22,26)(H,24,27). The Balaban J connectivity index is 1.60. The highest BCUT2D eigenvalue weighted by atomic mass is 32.1. The Hall–Kier alpha value is -2.25. The Morgan fingerprint density at radius 2 is 2.00 bits per heavy atom. The molecular weight excluding hydrogens is 372 g/mol. The number of carbonyl (C=O) groups is 2. The minimum absolute atomic E-state index is 0.000679. The molecule has 1 aromatic heterocycles. The molecule has 2 amide bonds. The van der Waals surface area contributed by atoms with Crippen molar-refractivity contribution in [2.24, 2.45) is 11.7 Å². The summed E-state index contributed by atoms with van der Waals surface area (Å²) in [5, 5.41) is 3.92. The van der Waals surface area contributed by atoms with E-state index >= 15 is 0 Å². The smallest absolute Gasteiger partial charge is 0.267 e. The zero-order valence-electron chi connectivity index (χ0n) is 16.7. The Morgan fingerprint density at radius 1 is 1.29 bits per heavy atom. The minimum Gasteiger partial charge on any atom is -0.369 e. The maximum absolute atomic E-state index is 12.6. The summed E-state index contributed by atoms with van der Waals surface area (Å²) in [6.45, 7) is 8.78. The summed E-state index contributed by atoms with van der Waals surface area (Å²) in [4.78, 5) is 31.2. The number of nitrogens with two attached hydrogens (primary N) is 1. The van der Waals surface area contributed by atoms with Gasteiger partial charge in [-0.15, -0.1) is 11.3 Å². The lowest BCUT2D eigenvalue weighted by Crippen LogP contribution is -2.38. The molecule has 0 unspecified atom stereocenters. The molecule has 1 aliphatic heterocycles. The fourth-order valence-electron chi connectivity index (χ4n) is 3.30. The zero-order valence-corrected chi connectivity index (χ0v) is 17.5. The number of aromatic nitrogens is 1. The molecule has 0 bridgehead atoms. The molecule has 1 fully saturated rings. The van der Waals surface area contributed by atoms with Crippen molar-refractivity contribution >= 4 is 28.8 Å². The lowest BCUT2D eigenvalue weighted by Gasteiger charge is -2.30. The van der Waals surface area contributed by atoms with Gasteiger partial charge in [-0.25, -0.2) is 4.98 Å². The van der Waals surface area contributed by atoms with Gasteiger partial charge in [-0.2, -0.15) is 0 Å². The molecule has 2 heterocycles. The molecule has 0 aliphatic carbocycles. The second kappa shape index (κ2) is 8.41. The van der Waals surface area contributed by atoms with E-state index in [9.17, 15) is 9.59 Å². The molecule has 0 saturated carbocycles. The number of benzene rings is 1. The fourth-order valence-corrected chi connectivity index (χ4v) is 4.17. The highest BCUT2D eigenvalue weighted by Crippen LogP contribution is 2.27. The molecule has 1 aliphatic rings. The SMILES string of the molecule is CC(C)(C)c1ncc(C(=O)Nc2cccc(CN3CCC(C(N)=O)CC3)c2)s1. The number of amides is 2. The van der Waals surface area contributed by atoms with Gasteiger partial charge in [0.15, 0.2) is 0 Å². The first-order valence-corrected chi connectivity index (χ1v) is 10.4. The average Bonchev–Trinajstić information content (AvgIpc) is 3.13. The van der Waals surface area contributed by atoms with Crippen molar-refractivity contribution in [3.63, 3.8) is 0 Å². The second-order valence-electron chi connectivity index (χ2n) is 8.39. The van der Waals surface area contributed by atoms with Gasteiger partial charge in [0, 0.05) is 23.6 Å². The third kappa shape index (κ3) is 5.17. The van der Waals surface area contributed by atoms with Crippen LogP contribution in [-0.2, 0) is 16.8 Å². The van der Waals surface area contributed by atoms with Gasteiger partial charge in [0.05, 0.1) is 11.2 Å². The van der Waals surface area contributed by atoms with E-state index in [1.807, 2.05) is 18.2 Å². The minimum atomic E-state index is -0.193. The third-order valence-electron chi connectivity index (χ3n) is 4.95. The molecule has 0 atom stereocenters. The van der Waals surface area contributed by atoms with Crippen LogP contribution in [-0.4, -0.2) is 34.8 Å². The zero-order chi connectivity index (χ0) is 20.3.